The van der Waals surface area contributed by atoms with E-state index in [2.05, 4.69) is 17.1 Å². The van der Waals surface area contributed by atoms with E-state index < -0.39 is 0 Å². The number of hydrogen-bond acceptors (Lipinski definition) is 3. The molecule has 0 aromatic rings. The molecule has 4 atom stereocenters. The summed E-state index contributed by atoms with van der Waals surface area (Å²) in [7, 11) is 1.82. The lowest BCUT2D eigenvalue weighted by Crippen LogP contribution is -2.61. The minimum Gasteiger partial charge on any atom is -0.379 e. The molecule has 4 rings (SSSR count). The van der Waals surface area contributed by atoms with Gasteiger partial charge in [-0.2, -0.15) is 0 Å². The summed E-state index contributed by atoms with van der Waals surface area (Å²) in [5.74, 6) is 1.89. The standard InChI is InChI=1S/C11H20N2O/c1-7(13-5-9(6-13)14-2)11-8-3-10(11)12-4-8/h7-12H,3-6H2,1-2H3. The predicted molar refractivity (Wildman–Crippen MR) is 55.2 cm³/mol. The third kappa shape index (κ3) is 1.16. The van der Waals surface area contributed by atoms with Gasteiger partial charge in [0.1, 0.15) is 0 Å². The van der Waals surface area contributed by atoms with Gasteiger partial charge in [-0.1, -0.05) is 0 Å². The van der Waals surface area contributed by atoms with Gasteiger partial charge in [-0.05, 0) is 31.7 Å². The third-order valence-corrected chi connectivity index (χ3v) is 4.55. The second-order valence-corrected chi connectivity index (χ2v) is 5.14. The van der Waals surface area contributed by atoms with Gasteiger partial charge in [-0.15, -0.1) is 0 Å². The van der Waals surface area contributed by atoms with E-state index in [0.717, 1.165) is 37.0 Å². The number of nitrogens with zero attached hydrogens (tertiary/aromatic N) is 1. The summed E-state index contributed by atoms with van der Waals surface area (Å²) in [4.78, 5) is 2.57. The van der Waals surface area contributed by atoms with Crippen molar-refractivity contribution in [1.82, 2.24) is 10.2 Å². The molecule has 4 aliphatic rings. The number of fused-ring (bicyclic) bond motifs is 1. The molecule has 4 fully saturated rings. The highest BCUT2D eigenvalue weighted by molar-refractivity contribution is 5.07. The van der Waals surface area contributed by atoms with E-state index in [-0.39, 0.29) is 0 Å². The van der Waals surface area contributed by atoms with Crippen LogP contribution in [0.25, 0.3) is 0 Å². The number of likely N-dealkylation sites (tertiary alicyclic amines) is 1. The van der Waals surface area contributed by atoms with Crippen LogP contribution in [0.4, 0.5) is 0 Å². The molecule has 0 aromatic carbocycles. The molecule has 1 N–H and O–H groups in total. The minimum absolute atomic E-state index is 0.503. The van der Waals surface area contributed by atoms with Gasteiger partial charge in [0.05, 0.1) is 6.10 Å². The molecule has 2 bridgehead atoms. The summed E-state index contributed by atoms with van der Waals surface area (Å²) in [5.41, 5.74) is 0. The van der Waals surface area contributed by atoms with Crippen LogP contribution >= 0.6 is 0 Å². The maximum absolute atomic E-state index is 5.31. The Morgan fingerprint density at radius 2 is 2.21 bits per heavy atom. The van der Waals surface area contributed by atoms with Crippen LogP contribution in [0.5, 0.6) is 0 Å². The van der Waals surface area contributed by atoms with Crippen LogP contribution in [0.3, 0.4) is 0 Å². The van der Waals surface area contributed by atoms with Crippen LogP contribution in [-0.4, -0.2) is 49.8 Å². The molecule has 80 valence electrons. The second kappa shape index (κ2) is 3.19. The molecule has 3 aliphatic heterocycles. The van der Waals surface area contributed by atoms with Crippen LogP contribution in [-0.2, 0) is 4.74 Å². The number of hydrogen-bond donors (Lipinski definition) is 1. The van der Waals surface area contributed by atoms with Crippen LogP contribution < -0.4 is 5.32 Å². The summed E-state index contributed by atoms with van der Waals surface area (Å²) in [5, 5.41) is 3.59. The fourth-order valence-corrected chi connectivity index (χ4v) is 3.44. The van der Waals surface area contributed by atoms with Crippen molar-refractivity contribution < 1.29 is 4.74 Å². The maximum atomic E-state index is 5.31. The Balaban J connectivity index is 1.54. The van der Waals surface area contributed by atoms with E-state index in [9.17, 15) is 0 Å². The lowest BCUT2D eigenvalue weighted by atomic mass is 9.69. The van der Waals surface area contributed by atoms with Gasteiger partial charge < -0.3 is 10.1 Å². The molecule has 0 radical (unpaired) electrons. The SMILES string of the molecule is COC1CN(C(C)C2C3CNC2C3)C1. The van der Waals surface area contributed by atoms with Crippen molar-refractivity contribution in [2.45, 2.75) is 31.5 Å². The number of rotatable bonds is 3. The molecule has 14 heavy (non-hydrogen) atoms. The molecule has 1 aliphatic carbocycles. The van der Waals surface area contributed by atoms with Crippen molar-refractivity contribution in [3.05, 3.63) is 0 Å². The first-order chi connectivity index (χ1) is 6.79. The zero-order chi connectivity index (χ0) is 9.71. The van der Waals surface area contributed by atoms with E-state index in [1.807, 2.05) is 7.11 Å². The number of methoxy groups -OCH3 is 1. The van der Waals surface area contributed by atoms with E-state index in [0.29, 0.717) is 6.10 Å². The molecular formula is C11H20N2O. The Morgan fingerprint density at radius 3 is 2.71 bits per heavy atom. The smallest absolute Gasteiger partial charge is 0.0825 e. The molecule has 0 aromatic heterocycles. The molecule has 3 nitrogen and oxygen atoms in total. The van der Waals surface area contributed by atoms with Gasteiger partial charge in [0, 0.05) is 32.3 Å². The second-order valence-electron chi connectivity index (χ2n) is 5.14. The third-order valence-electron chi connectivity index (χ3n) is 4.55. The van der Waals surface area contributed by atoms with E-state index in [4.69, 9.17) is 4.74 Å². The first-order valence-corrected chi connectivity index (χ1v) is 5.80. The van der Waals surface area contributed by atoms with Gasteiger partial charge in [-0.25, -0.2) is 0 Å². The monoisotopic (exact) mass is 196 g/mol. The highest BCUT2D eigenvalue weighted by Gasteiger charge is 2.51. The van der Waals surface area contributed by atoms with Crippen LogP contribution in [0, 0.1) is 11.8 Å². The molecule has 0 amide bonds. The van der Waals surface area contributed by atoms with Crippen molar-refractivity contribution in [2.75, 3.05) is 26.7 Å². The molecule has 1 saturated carbocycles. The molecule has 0 spiro atoms. The van der Waals surface area contributed by atoms with Crippen molar-refractivity contribution in [3.63, 3.8) is 0 Å². The fourth-order valence-electron chi connectivity index (χ4n) is 3.44. The molecule has 3 heterocycles. The first kappa shape index (κ1) is 9.13. The van der Waals surface area contributed by atoms with Crippen molar-refractivity contribution in [1.29, 1.82) is 0 Å². The van der Waals surface area contributed by atoms with Gasteiger partial charge in [-0.3, -0.25) is 4.90 Å². The van der Waals surface area contributed by atoms with Gasteiger partial charge in [0.25, 0.3) is 0 Å². The van der Waals surface area contributed by atoms with Crippen LogP contribution in [0.15, 0.2) is 0 Å². The summed E-state index contributed by atoms with van der Waals surface area (Å²) < 4.78 is 5.31. The summed E-state index contributed by atoms with van der Waals surface area (Å²) >= 11 is 0. The molecule has 3 heteroatoms. The largest absolute Gasteiger partial charge is 0.379 e. The Labute approximate surface area is 85.8 Å². The lowest BCUT2D eigenvalue weighted by Gasteiger charge is -2.49. The number of nitrogens with one attached hydrogen (secondary N) is 1. The fraction of sp³-hybridized carbons (Fsp3) is 1.00. The van der Waals surface area contributed by atoms with Crippen molar-refractivity contribution >= 4 is 0 Å². The highest BCUT2D eigenvalue weighted by Crippen LogP contribution is 2.44. The maximum Gasteiger partial charge on any atom is 0.0825 e. The van der Waals surface area contributed by atoms with E-state index in [1.54, 1.807) is 0 Å². The van der Waals surface area contributed by atoms with Gasteiger partial charge in [0.15, 0.2) is 0 Å². The van der Waals surface area contributed by atoms with Crippen LogP contribution in [0.1, 0.15) is 13.3 Å². The Kier molecular flexibility index (Phi) is 2.08. The zero-order valence-corrected chi connectivity index (χ0v) is 9.07. The summed E-state index contributed by atoms with van der Waals surface area (Å²) in [6.45, 7) is 5.95. The first-order valence-electron chi connectivity index (χ1n) is 5.80. The van der Waals surface area contributed by atoms with E-state index >= 15 is 0 Å². The minimum atomic E-state index is 0.503. The molecular weight excluding hydrogens is 176 g/mol. The molecule has 3 saturated heterocycles. The normalized spacial score (nSPS) is 44.6. The highest BCUT2D eigenvalue weighted by atomic mass is 16.5. The molecule has 4 unspecified atom stereocenters. The summed E-state index contributed by atoms with van der Waals surface area (Å²) in [6, 6.07) is 1.59. The quantitative estimate of drug-likeness (QED) is 0.703. The lowest BCUT2D eigenvalue weighted by molar-refractivity contribution is -0.0724. The Hall–Kier alpha value is -0.120. The topological polar surface area (TPSA) is 24.5 Å². The zero-order valence-electron chi connectivity index (χ0n) is 9.07. The van der Waals surface area contributed by atoms with Crippen molar-refractivity contribution in [3.8, 4) is 0 Å². The van der Waals surface area contributed by atoms with Gasteiger partial charge in [0.2, 0.25) is 0 Å². The Morgan fingerprint density at radius 1 is 1.43 bits per heavy atom. The van der Waals surface area contributed by atoms with Crippen LogP contribution in [0.2, 0.25) is 0 Å². The van der Waals surface area contributed by atoms with Gasteiger partial charge >= 0.3 is 0 Å². The van der Waals surface area contributed by atoms with Crippen molar-refractivity contribution in [2.24, 2.45) is 11.8 Å². The average Bonchev–Trinajstić information content (AvgIpc) is 2.61. The van der Waals surface area contributed by atoms with E-state index in [1.165, 1.54) is 13.0 Å². The number of ether oxygens (including phenoxy) is 1. The average molecular weight is 196 g/mol. The predicted octanol–water partition coefficient (Wildman–Crippen LogP) is 0.313. The Bertz CT molecular complexity index is 213. The summed E-state index contributed by atoms with van der Waals surface area (Å²) in [6.07, 6.45) is 1.93.